The summed E-state index contributed by atoms with van der Waals surface area (Å²) in [5.41, 5.74) is 0.882. The second kappa shape index (κ2) is 9.43. The summed E-state index contributed by atoms with van der Waals surface area (Å²) in [5.74, 6) is 0.854. The van der Waals surface area contributed by atoms with Crippen LogP contribution < -0.4 is 5.69 Å². The molecule has 0 saturated heterocycles. The Kier molecular flexibility index (Phi) is 6.63. The van der Waals surface area contributed by atoms with Crippen molar-refractivity contribution in [3.8, 4) is 10.7 Å². The fourth-order valence-electron chi connectivity index (χ4n) is 4.05. The van der Waals surface area contributed by atoms with E-state index >= 15 is 0 Å². The Labute approximate surface area is 196 Å². The minimum Gasteiger partial charge on any atom is -0.298 e. The van der Waals surface area contributed by atoms with Crippen molar-refractivity contribution < 1.29 is 4.79 Å². The van der Waals surface area contributed by atoms with Crippen LogP contribution in [0.1, 0.15) is 38.7 Å². The van der Waals surface area contributed by atoms with E-state index in [0.717, 1.165) is 21.2 Å². The lowest BCUT2D eigenvalue weighted by atomic mass is 9.91. The van der Waals surface area contributed by atoms with E-state index in [9.17, 15) is 9.59 Å². The third kappa shape index (κ3) is 4.71. The Morgan fingerprint density at radius 1 is 1.06 bits per heavy atom. The summed E-state index contributed by atoms with van der Waals surface area (Å²) in [6.07, 6.45) is 0.345. The molecule has 0 fully saturated rings. The molecule has 0 aliphatic rings. The molecule has 166 valence electrons. The van der Waals surface area contributed by atoms with Gasteiger partial charge >= 0.3 is 5.69 Å². The van der Waals surface area contributed by atoms with Crippen LogP contribution in [0.25, 0.3) is 21.5 Å². The van der Waals surface area contributed by atoms with Gasteiger partial charge in [-0.05, 0) is 40.3 Å². The van der Waals surface area contributed by atoms with Crippen LogP contribution in [0, 0.1) is 5.92 Å². The number of Topliss-reactive ketones (excluding diaryl/α,β-unsaturated/α-hetero) is 1. The van der Waals surface area contributed by atoms with Gasteiger partial charge in [0.25, 0.3) is 0 Å². The van der Waals surface area contributed by atoms with Crippen LogP contribution in [-0.4, -0.2) is 20.1 Å². The van der Waals surface area contributed by atoms with Gasteiger partial charge in [0, 0.05) is 13.0 Å². The van der Waals surface area contributed by atoms with Gasteiger partial charge in [-0.3, -0.25) is 9.36 Å². The number of nitrogens with zero attached hydrogens (tertiary/aromatic N) is 3. The molecule has 0 bridgehead atoms. The van der Waals surface area contributed by atoms with E-state index in [0.29, 0.717) is 23.1 Å². The standard InChI is InChI=1S/C25H26ClN3O2S/c1-16(2)14-28-24(22-11-12-23(26)32-22)27-29(25(28)31)15-19(30)13-17(3)20-10-6-8-18-7-4-5-9-21(18)20/h4-12,16-17H,13-15H2,1-3H3/t17-/m1/s1. The Morgan fingerprint density at radius 2 is 1.81 bits per heavy atom. The number of carbonyl (C=O) groups excluding carboxylic acids is 1. The molecular formula is C25H26ClN3O2S. The zero-order valence-corrected chi connectivity index (χ0v) is 20.0. The lowest BCUT2D eigenvalue weighted by molar-refractivity contribution is -0.120. The smallest absolute Gasteiger partial charge is 0.298 e. The number of fused-ring (bicyclic) bond motifs is 1. The number of thiophene rings is 1. The SMILES string of the molecule is CC(C)Cn1c(-c2ccc(Cl)s2)nn(CC(=O)C[C@@H](C)c2cccc3ccccc23)c1=O. The van der Waals surface area contributed by atoms with E-state index in [-0.39, 0.29) is 29.9 Å². The molecule has 32 heavy (non-hydrogen) atoms. The van der Waals surface area contributed by atoms with Gasteiger partial charge in [0.2, 0.25) is 0 Å². The first-order valence-corrected chi connectivity index (χ1v) is 12.0. The van der Waals surface area contributed by atoms with Crippen LogP contribution in [0.3, 0.4) is 0 Å². The predicted octanol–water partition coefficient (Wildman–Crippen LogP) is 6.00. The summed E-state index contributed by atoms with van der Waals surface area (Å²) in [5, 5.41) is 6.83. The summed E-state index contributed by atoms with van der Waals surface area (Å²) in [6.45, 7) is 6.65. The Balaban J connectivity index is 1.57. The van der Waals surface area contributed by atoms with E-state index in [2.05, 4.69) is 36.3 Å². The first-order valence-electron chi connectivity index (χ1n) is 10.8. The Hall–Kier alpha value is -2.70. The number of halogens is 1. The van der Waals surface area contributed by atoms with Crippen molar-refractivity contribution in [1.82, 2.24) is 14.3 Å². The normalized spacial score (nSPS) is 12.5. The number of hydrogen-bond donors (Lipinski definition) is 0. The van der Waals surface area contributed by atoms with Crippen molar-refractivity contribution in [2.75, 3.05) is 0 Å². The van der Waals surface area contributed by atoms with Crippen molar-refractivity contribution in [3.63, 3.8) is 0 Å². The number of carbonyl (C=O) groups is 1. The van der Waals surface area contributed by atoms with Crippen LogP contribution in [0.15, 0.2) is 59.4 Å². The van der Waals surface area contributed by atoms with Crippen LogP contribution >= 0.6 is 22.9 Å². The summed E-state index contributed by atoms with van der Waals surface area (Å²) in [6, 6.07) is 18.0. The Morgan fingerprint density at radius 3 is 2.53 bits per heavy atom. The third-order valence-corrected chi connectivity index (χ3v) is 6.71. The second-order valence-corrected chi connectivity index (χ2v) is 10.3. The minimum atomic E-state index is -0.260. The maximum Gasteiger partial charge on any atom is 0.346 e. The van der Waals surface area contributed by atoms with Gasteiger partial charge in [-0.2, -0.15) is 0 Å². The van der Waals surface area contributed by atoms with E-state index in [1.807, 2.05) is 38.1 Å². The first kappa shape index (κ1) is 22.5. The largest absolute Gasteiger partial charge is 0.346 e. The van der Waals surface area contributed by atoms with Crippen molar-refractivity contribution in [2.45, 2.75) is 46.2 Å². The molecule has 0 N–H and O–H groups in total. The second-order valence-electron chi connectivity index (χ2n) is 8.58. The molecule has 0 aliphatic carbocycles. The van der Waals surface area contributed by atoms with Gasteiger partial charge in [0.1, 0.15) is 6.54 Å². The fraction of sp³-hybridized carbons (Fsp3) is 0.320. The van der Waals surface area contributed by atoms with Gasteiger partial charge in [0.05, 0.1) is 9.21 Å². The highest BCUT2D eigenvalue weighted by Crippen LogP contribution is 2.30. The zero-order chi connectivity index (χ0) is 22.8. The molecule has 0 aliphatic heterocycles. The van der Waals surface area contributed by atoms with Crippen molar-refractivity contribution in [1.29, 1.82) is 0 Å². The third-order valence-electron chi connectivity index (χ3n) is 5.48. The fourth-order valence-corrected chi connectivity index (χ4v) is 5.09. The molecule has 4 aromatic rings. The van der Waals surface area contributed by atoms with Crippen LogP contribution in [0.5, 0.6) is 0 Å². The molecule has 4 rings (SSSR count). The average molecular weight is 468 g/mol. The Bertz CT molecular complexity index is 1310. The maximum atomic E-state index is 13.1. The highest BCUT2D eigenvalue weighted by Gasteiger charge is 2.20. The number of ketones is 1. The average Bonchev–Trinajstić information content (AvgIpc) is 3.31. The molecular weight excluding hydrogens is 442 g/mol. The zero-order valence-electron chi connectivity index (χ0n) is 18.4. The lowest BCUT2D eigenvalue weighted by Gasteiger charge is -2.14. The molecule has 0 amide bonds. The van der Waals surface area contributed by atoms with Gasteiger partial charge < -0.3 is 0 Å². The van der Waals surface area contributed by atoms with Crippen LogP contribution in [-0.2, 0) is 17.9 Å². The van der Waals surface area contributed by atoms with Crippen LogP contribution in [0.4, 0.5) is 0 Å². The summed E-state index contributed by atoms with van der Waals surface area (Å²) in [4.78, 5) is 26.8. The van der Waals surface area contributed by atoms with Crippen molar-refractivity contribution in [3.05, 3.63) is 75.0 Å². The molecule has 2 heterocycles. The van der Waals surface area contributed by atoms with Crippen molar-refractivity contribution in [2.24, 2.45) is 5.92 Å². The van der Waals surface area contributed by atoms with E-state index in [1.165, 1.54) is 16.0 Å². The van der Waals surface area contributed by atoms with Crippen molar-refractivity contribution >= 4 is 39.5 Å². The number of rotatable bonds is 8. The highest BCUT2D eigenvalue weighted by atomic mass is 35.5. The number of hydrogen-bond acceptors (Lipinski definition) is 4. The maximum absolute atomic E-state index is 13.1. The molecule has 7 heteroatoms. The van der Waals surface area contributed by atoms with E-state index < -0.39 is 0 Å². The topological polar surface area (TPSA) is 56.9 Å². The molecule has 0 radical (unpaired) electrons. The molecule has 0 spiro atoms. The summed E-state index contributed by atoms with van der Waals surface area (Å²) in [7, 11) is 0. The number of benzene rings is 2. The molecule has 2 aromatic heterocycles. The molecule has 0 unspecified atom stereocenters. The van der Waals surface area contributed by atoms with E-state index in [1.54, 1.807) is 10.6 Å². The summed E-state index contributed by atoms with van der Waals surface area (Å²) < 4.78 is 3.58. The number of aromatic nitrogens is 3. The van der Waals surface area contributed by atoms with E-state index in [4.69, 9.17) is 11.6 Å². The monoisotopic (exact) mass is 467 g/mol. The van der Waals surface area contributed by atoms with Gasteiger partial charge in [-0.1, -0.05) is 74.8 Å². The minimum absolute atomic E-state index is 0.0162. The van der Waals surface area contributed by atoms with Gasteiger partial charge in [0.15, 0.2) is 11.6 Å². The summed E-state index contributed by atoms with van der Waals surface area (Å²) >= 11 is 7.48. The van der Waals surface area contributed by atoms with Crippen LogP contribution in [0.2, 0.25) is 4.34 Å². The first-order chi connectivity index (χ1) is 15.3. The quantitative estimate of drug-likeness (QED) is 0.319. The predicted molar refractivity (Wildman–Crippen MR) is 132 cm³/mol. The molecule has 0 saturated carbocycles. The van der Waals surface area contributed by atoms with Gasteiger partial charge in [-0.25, -0.2) is 9.48 Å². The highest BCUT2D eigenvalue weighted by molar-refractivity contribution is 7.19. The van der Waals surface area contributed by atoms with Gasteiger partial charge in [-0.15, -0.1) is 16.4 Å². The molecule has 2 aromatic carbocycles. The molecule has 1 atom stereocenters. The lowest BCUT2D eigenvalue weighted by Crippen LogP contribution is -2.29. The molecule has 5 nitrogen and oxygen atoms in total.